The minimum absolute atomic E-state index is 0.0638. The highest BCUT2D eigenvalue weighted by Crippen LogP contribution is 2.25. The normalized spacial score (nSPS) is 18.2. The van der Waals surface area contributed by atoms with Crippen LogP contribution in [0.1, 0.15) is 0 Å². The van der Waals surface area contributed by atoms with Gasteiger partial charge in [-0.05, 0) is 24.3 Å². The van der Waals surface area contributed by atoms with Gasteiger partial charge in [-0.15, -0.1) is 13.2 Å². The molecule has 0 atom stereocenters. The third kappa shape index (κ3) is 5.10. The molecule has 0 radical (unpaired) electrons. The first-order chi connectivity index (χ1) is 11.2. The molecule has 0 aromatic heterocycles. The first kappa shape index (κ1) is 19.0. The van der Waals surface area contributed by atoms with Crippen LogP contribution in [-0.2, 0) is 10.0 Å². The van der Waals surface area contributed by atoms with Crippen LogP contribution in [-0.4, -0.2) is 56.7 Å². The molecule has 0 bridgehead atoms. The van der Waals surface area contributed by atoms with E-state index < -0.39 is 22.1 Å². The standard InChI is InChI=1S/C14H16ClF3N2O3S/c15-6-1-7-19-8-10-20(11-9-19)24(21,22)13-4-2-12(3-5-13)23-14(16,17)18/h1-6H,7-11H2/b6-1+. The fourth-order valence-electron chi connectivity index (χ4n) is 2.30. The quantitative estimate of drug-likeness (QED) is 0.783. The van der Waals surface area contributed by atoms with E-state index in [-0.39, 0.29) is 4.90 Å². The Morgan fingerprint density at radius 2 is 1.71 bits per heavy atom. The predicted molar refractivity (Wildman–Crippen MR) is 83.3 cm³/mol. The lowest BCUT2D eigenvalue weighted by atomic mass is 10.3. The first-order valence-corrected chi connectivity index (χ1v) is 8.93. The summed E-state index contributed by atoms with van der Waals surface area (Å²) >= 11 is 5.46. The van der Waals surface area contributed by atoms with E-state index in [0.717, 1.165) is 24.3 Å². The summed E-state index contributed by atoms with van der Waals surface area (Å²) in [5, 5.41) is 0. The highest BCUT2D eigenvalue weighted by atomic mass is 35.5. The number of ether oxygens (including phenoxy) is 1. The first-order valence-electron chi connectivity index (χ1n) is 7.06. The van der Waals surface area contributed by atoms with Gasteiger partial charge in [0.1, 0.15) is 5.75 Å². The molecule has 0 saturated carbocycles. The summed E-state index contributed by atoms with van der Waals surface area (Å²) in [5.74, 6) is -0.459. The lowest BCUT2D eigenvalue weighted by molar-refractivity contribution is -0.274. The summed E-state index contributed by atoms with van der Waals surface area (Å²) in [6.45, 7) is 2.35. The van der Waals surface area contributed by atoms with Gasteiger partial charge in [0.2, 0.25) is 10.0 Å². The average molecular weight is 385 g/mol. The van der Waals surface area contributed by atoms with Crippen molar-refractivity contribution in [3.05, 3.63) is 35.9 Å². The zero-order chi connectivity index (χ0) is 17.8. The van der Waals surface area contributed by atoms with E-state index in [4.69, 9.17) is 11.6 Å². The van der Waals surface area contributed by atoms with Gasteiger partial charge in [-0.2, -0.15) is 4.31 Å². The van der Waals surface area contributed by atoms with E-state index >= 15 is 0 Å². The second kappa shape index (κ2) is 7.73. The van der Waals surface area contributed by atoms with Crippen LogP contribution in [0.15, 0.2) is 40.8 Å². The van der Waals surface area contributed by atoms with Crippen LogP contribution >= 0.6 is 11.6 Å². The second-order valence-corrected chi connectivity index (χ2v) is 7.28. The fraction of sp³-hybridized carbons (Fsp3) is 0.429. The molecular weight excluding hydrogens is 369 g/mol. The number of halogens is 4. The molecule has 1 fully saturated rings. The molecule has 0 N–H and O–H groups in total. The Bertz CT molecular complexity index is 670. The molecule has 0 amide bonds. The van der Waals surface area contributed by atoms with Crippen LogP contribution in [0.25, 0.3) is 0 Å². The molecular formula is C14H16ClF3N2O3S. The molecule has 134 valence electrons. The number of nitrogens with zero attached hydrogens (tertiary/aromatic N) is 2. The van der Waals surface area contributed by atoms with Gasteiger partial charge >= 0.3 is 6.36 Å². The van der Waals surface area contributed by atoms with E-state index in [1.165, 1.54) is 9.84 Å². The Kier molecular flexibility index (Phi) is 6.13. The van der Waals surface area contributed by atoms with Crippen molar-refractivity contribution in [1.29, 1.82) is 0 Å². The number of rotatable bonds is 5. The number of piperazine rings is 1. The van der Waals surface area contributed by atoms with Crippen LogP contribution < -0.4 is 4.74 Å². The van der Waals surface area contributed by atoms with Crippen molar-refractivity contribution in [2.75, 3.05) is 32.7 Å². The molecule has 10 heteroatoms. The lowest BCUT2D eigenvalue weighted by Gasteiger charge is -2.33. The minimum Gasteiger partial charge on any atom is -0.406 e. The van der Waals surface area contributed by atoms with Crippen molar-refractivity contribution in [3.63, 3.8) is 0 Å². The van der Waals surface area contributed by atoms with Crippen LogP contribution in [0.3, 0.4) is 0 Å². The topological polar surface area (TPSA) is 49.9 Å². The molecule has 1 aromatic rings. The Morgan fingerprint density at radius 3 is 2.21 bits per heavy atom. The summed E-state index contributed by atoms with van der Waals surface area (Å²) in [6, 6.07) is 4.20. The molecule has 2 rings (SSSR count). The van der Waals surface area contributed by atoms with Crippen LogP contribution in [0, 0.1) is 0 Å². The number of hydrogen-bond acceptors (Lipinski definition) is 4. The largest absolute Gasteiger partial charge is 0.573 e. The second-order valence-electron chi connectivity index (χ2n) is 5.09. The fourth-order valence-corrected chi connectivity index (χ4v) is 3.81. The van der Waals surface area contributed by atoms with E-state index in [0.29, 0.717) is 32.7 Å². The van der Waals surface area contributed by atoms with Crippen LogP contribution in [0.2, 0.25) is 0 Å². The molecule has 1 aliphatic heterocycles. The summed E-state index contributed by atoms with van der Waals surface area (Å²) in [4.78, 5) is 1.98. The number of alkyl halides is 3. The molecule has 1 saturated heterocycles. The maximum Gasteiger partial charge on any atom is 0.573 e. The summed E-state index contributed by atoms with van der Waals surface area (Å²) in [5.41, 5.74) is 1.41. The summed E-state index contributed by atoms with van der Waals surface area (Å²) in [7, 11) is -3.74. The smallest absolute Gasteiger partial charge is 0.406 e. The van der Waals surface area contributed by atoms with Gasteiger partial charge in [-0.25, -0.2) is 8.42 Å². The third-order valence-electron chi connectivity index (χ3n) is 3.48. The van der Waals surface area contributed by atoms with E-state index in [1.54, 1.807) is 6.08 Å². The molecule has 5 nitrogen and oxygen atoms in total. The Hall–Kier alpha value is -1.29. The van der Waals surface area contributed by atoms with Crippen molar-refractivity contribution in [2.45, 2.75) is 11.3 Å². The van der Waals surface area contributed by atoms with Crippen molar-refractivity contribution in [1.82, 2.24) is 9.21 Å². The minimum atomic E-state index is -4.81. The number of benzene rings is 1. The lowest BCUT2D eigenvalue weighted by Crippen LogP contribution is -2.48. The van der Waals surface area contributed by atoms with Gasteiger partial charge in [-0.3, -0.25) is 4.90 Å². The SMILES string of the molecule is O=S(=O)(c1ccc(OC(F)(F)F)cc1)N1CCN(C/C=C/Cl)CC1. The van der Waals surface area contributed by atoms with E-state index in [2.05, 4.69) is 4.74 Å². The Balaban J connectivity index is 2.03. The van der Waals surface area contributed by atoms with E-state index in [9.17, 15) is 21.6 Å². The summed E-state index contributed by atoms with van der Waals surface area (Å²) < 4.78 is 66.5. The zero-order valence-corrected chi connectivity index (χ0v) is 14.1. The van der Waals surface area contributed by atoms with Gasteiger partial charge in [0, 0.05) is 38.3 Å². The Morgan fingerprint density at radius 1 is 1.12 bits per heavy atom. The molecule has 24 heavy (non-hydrogen) atoms. The molecule has 0 unspecified atom stereocenters. The van der Waals surface area contributed by atoms with Crippen molar-refractivity contribution >= 4 is 21.6 Å². The molecule has 1 heterocycles. The molecule has 1 aliphatic rings. The molecule has 0 aliphatic carbocycles. The molecule has 1 aromatic carbocycles. The van der Waals surface area contributed by atoms with Crippen molar-refractivity contribution < 1.29 is 26.3 Å². The number of hydrogen-bond donors (Lipinski definition) is 0. The highest BCUT2D eigenvalue weighted by molar-refractivity contribution is 7.89. The van der Waals surface area contributed by atoms with Crippen molar-refractivity contribution in [3.8, 4) is 5.75 Å². The van der Waals surface area contributed by atoms with Gasteiger partial charge in [0.05, 0.1) is 4.90 Å². The highest BCUT2D eigenvalue weighted by Gasteiger charge is 2.32. The monoisotopic (exact) mass is 384 g/mol. The average Bonchev–Trinajstić information content (AvgIpc) is 2.52. The predicted octanol–water partition coefficient (Wildman–Crippen LogP) is 2.64. The third-order valence-corrected chi connectivity index (χ3v) is 5.57. The van der Waals surface area contributed by atoms with E-state index in [1.807, 2.05) is 4.90 Å². The van der Waals surface area contributed by atoms with Gasteiger partial charge in [-0.1, -0.05) is 17.7 Å². The summed E-state index contributed by atoms with van der Waals surface area (Å²) in [6.07, 6.45) is -3.04. The van der Waals surface area contributed by atoms with Gasteiger partial charge < -0.3 is 4.74 Å². The van der Waals surface area contributed by atoms with Gasteiger partial charge in [0.25, 0.3) is 0 Å². The van der Waals surface area contributed by atoms with Crippen LogP contribution in [0.5, 0.6) is 5.75 Å². The Labute approximate surface area is 143 Å². The zero-order valence-electron chi connectivity index (χ0n) is 12.5. The molecule has 0 spiro atoms. The maximum atomic E-state index is 12.5. The van der Waals surface area contributed by atoms with Crippen molar-refractivity contribution in [2.24, 2.45) is 0 Å². The maximum absolute atomic E-state index is 12.5. The number of sulfonamides is 1. The van der Waals surface area contributed by atoms with Gasteiger partial charge in [0.15, 0.2) is 0 Å². The van der Waals surface area contributed by atoms with Crippen LogP contribution in [0.4, 0.5) is 13.2 Å².